The van der Waals surface area contributed by atoms with Crippen molar-refractivity contribution in [3.8, 4) is 0 Å². The molecule has 0 aliphatic heterocycles. The fraction of sp³-hybridized carbons (Fsp3) is 0.250. The van der Waals surface area contributed by atoms with Crippen LogP contribution >= 0.6 is 0 Å². The number of benzene rings is 1. The zero-order chi connectivity index (χ0) is 12.0. The first-order valence-corrected chi connectivity index (χ1v) is 5.08. The molecule has 0 unspecified atom stereocenters. The lowest BCUT2D eigenvalue weighted by molar-refractivity contribution is 0.586. The highest BCUT2D eigenvalue weighted by Gasteiger charge is 2.01. The van der Waals surface area contributed by atoms with Crippen LogP contribution in [0, 0.1) is 17.0 Å². The van der Waals surface area contributed by atoms with E-state index < -0.39 is 11.6 Å². The van der Waals surface area contributed by atoms with Crippen molar-refractivity contribution in [1.82, 2.24) is 0 Å². The smallest absolute Gasteiger partial charge is 0.149 e. The Morgan fingerprint density at radius 2 is 2.19 bits per heavy atom. The minimum Gasteiger partial charge on any atom is -0.359 e. The van der Waals surface area contributed by atoms with Crippen molar-refractivity contribution in [2.45, 2.75) is 19.8 Å². The summed E-state index contributed by atoms with van der Waals surface area (Å²) in [6, 6.07) is 3.33. The second-order valence-corrected chi connectivity index (χ2v) is 3.38. The molecule has 0 fully saturated rings. The van der Waals surface area contributed by atoms with Crippen molar-refractivity contribution in [3.05, 3.63) is 41.6 Å². The fourth-order valence-electron chi connectivity index (χ4n) is 1.25. The monoisotopic (exact) mass is 224 g/mol. The van der Waals surface area contributed by atoms with Crippen LogP contribution < -0.4 is 5.32 Å². The molecule has 2 nitrogen and oxygen atoms in total. The minimum absolute atomic E-state index is 0.205. The molecule has 0 spiro atoms. The molecule has 0 aromatic heterocycles. The van der Waals surface area contributed by atoms with E-state index in [1.807, 2.05) is 6.92 Å². The first kappa shape index (κ1) is 12.4. The highest BCUT2D eigenvalue weighted by Crippen LogP contribution is 2.15. The molecule has 0 aliphatic rings. The Morgan fingerprint density at radius 3 is 2.75 bits per heavy atom. The van der Waals surface area contributed by atoms with Crippen molar-refractivity contribution < 1.29 is 8.78 Å². The third kappa shape index (κ3) is 3.46. The van der Waals surface area contributed by atoms with Crippen LogP contribution in [0.2, 0.25) is 0 Å². The van der Waals surface area contributed by atoms with Crippen molar-refractivity contribution in [1.29, 1.82) is 5.41 Å². The first-order chi connectivity index (χ1) is 7.67. The highest BCUT2D eigenvalue weighted by molar-refractivity contribution is 5.76. The van der Waals surface area contributed by atoms with E-state index in [1.54, 1.807) is 6.20 Å². The first-order valence-electron chi connectivity index (χ1n) is 5.08. The van der Waals surface area contributed by atoms with E-state index in [-0.39, 0.29) is 5.69 Å². The molecule has 0 radical (unpaired) electrons. The van der Waals surface area contributed by atoms with Gasteiger partial charge in [-0.2, -0.15) is 0 Å². The van der Waals surface area contributed by atoms with Crippen LogP contribution in [-0.2, 0) is 0 Å². The maximum atomic E-state index is 13.2. The van der Waals surface area contributed by atoms with Gasteiger partial charge in [0.05, 0.1) is 5.69 Å². The second-order valence-electron chi connectivity index (χ2n) is 3.38. The summed E-state index contributed by atoms with van der Waals surface area (Å²) in [4.78, 5) is 0. The minimum atomic E-state index is -0.642. The van der Waals surface area contributed by atoms with Crippen LogP contribution in [0.25, 0.3) is 0 Å². The van der Waals surface area contributed by atoms with Gasteiger partial charge in [0.2, 0.25) is 0 Å². The summed E-state index contributed by atoms with van der Waals surface area (Å²) < 4.78 is 25.8. The number of halogens is 2. The summed E-state index contributed by atoms with van der Waals surface area (Å²) in [6.45, 7) is 2.00. The van der Waals surface area contributed by atoms with Crippen molar-refractivity contribution in [2.24, 2.45) is 0 Å². The van der Waals surface area contributed by atoms with Crippen LogP contribution in [-0.4, -0.2) is 6.21 Å². The van der Waals surface area contributed by atoms with E-state index >= 15 is 0 Å². The molecule has 1 aromatic carbocycles. The Labute approximate surface area is 93.5 Å². The van der Waals surface area contributed by atoms with E-state index in [0.717, 1.165) is 24.5 Å². The predicted molar refractivity (Wildman–Crippen MR) is 61.8 cm³/mol. The molecular weight excluding hydrogens is 210 g/mol. The van der Waals surface area contributed by atoms with Gasteiger partial charge in [-0.3, -0.25) is 0 Å². The largest absolute Gasteiger partial charge is 0.359 e. The lowest BCUT2D eigenvalue weighted by atomic mass is 10.2. The molecule has 0 bridgehead atoms. The van der Waals surface area contributed by atoms with E-state index in [2.05, 4.69) is 5.32 Å². The maximum absolute atomic E-state index is 13.2. The molecule has 0 heterocycles. The predicted octanol–water partition coefficient (Wildman–Crippen LogP) is 3.71. The fourth-order valence-corrected chi connectivity index (χ4v) is 1.25. The Bertz CT molecular complexity index is 400. The molecule has 1 rings (SSSR count). The zero-order valence-electron chi connectivity index (χ0n) is 9.06. The Balaban J connectivity index is 2.76. The Hall–Kier alpha value is -1.71. The van der Waals surface area contributed by atoms with Gasteiger partial charge in [-0.15, -0.1) is 0 Å². The molecule has 86 valence electrons. The molecule has 0 saturated carbocycles. The van der Waals surface area contributed by atoms with Gasteiger partial charge in [0.25, 0.3) is 0 Å². The number of nitrogens with one attached hydrogen (secondary N) is 2. The molecule has 0 aliphatic carbocycles. The molecule has 1 aromatic rings. The van der Waals surface area contributed by atoms with Gasteiger partial charge in [-0.25, -0.2) is 8.78 Å². The lowest BCUT2D eigenvalue weighted by Gasteiger charge is -2.04. The number of hydrogen-bond donors (Lipinski definition) is 2. The van der Waals surface area contributed by atoms with Crippen LogP contribution in [0.3, 0.4) is 0 Å². The zero-order valence-corrected chi connectivity index (χ0v) is 9.06. The molecule has 0 saturated heterocycles. The van der Waals surface area contributed by atoms with Gasteiger partial charge in [-0.05, 0) is 24.1 Å². The van der Waals surface area contributed by atoms with Gasteiger partial charge >= 0.3 is 0 Å². The summed E-state index contributed by atoms with van der Waals surface area (Å²) in [5.41, 5.74) is 0.975. The van der Waals surface area contributed by atoms with E-state index in [4.69, 9.17) is 5.41 Å². The van der Waals surface area contributed by atoms with Crippen molar-refractivity contribution in [3.63, 3.8) is 0 Å². The number of anilines is 1. The molecule has 16 heavy (non-hydrogen) atoms. The van der Waals surface area contributed by atoms with Crippen molar-refractivity contribution in [2.75, 3.05) is 5.32 Å². The molecule has 2 N–H and O–H groups in total. The van der Waals surface area contributed by atoms with Gasteiger partial charge in [0, 0.05) is 18.5 Å². The SMILES string of the molecule is CCC/C(C=N)=C/Nc1ccc(F)cc1F. The van der Waals surface area contributed by atoms with E-state index in [1.165, 1.54) is 18.3 Å². The average molecular weight is 224 g/mol. The van der Waals surface area contributed by atoms with E-state index in [9.17, 15) is 8.78 Å². The number of hydrogen-bond acceptors (Lipinski definition) is 2. The van der Waals surface area contributed by atoms with Crippen LogP contribution in [0.1, 0.15) is 19.8 Å². The van der Waals surface area contributed by atoms with Gasteiger partial charge in [-0.1, -0.05) is 13.3 Å². The Morgan fingerprint density at radius 1 is 1.44 bits per heavy atom. The van der Waals surface area contributed by atoms with Crippen LogP contribution in [0.4, 0.5) is 14.5 Å². The standard InChI is InChI=1S/C12H14F2N2/c1-2-3-9(7-15)8-16-12-5-4-10(13)6-11(12)14/h4-8,15-16H,2-3H2,1H3/b9-8-,15-7?. The number of rotatable bonds is 5. The summed E-state index contributed by atoms with van der Waals surface area (Å²) >= 11 is 0. The molecule has 4 heteroatoms. The second kappa shape index (κ2) is 6.00. The average Bonchev–Trinajstić information content (AvgIpc) is 2.26. The van der Waals surface area contributed by atoms with Crippen LogP contribution in [0.15, 0.2) is 30.0 Å². The highest BCUT2D eigenvalue weighted by atomic mass is 19.1. The summed E-state index contributed by atoms with van der Waals surface area (Å²) in [7, 11) is 0. The summed E-state index contributed by atoms with van der Waals surface area (Å²) in [5.74, 6) is -1.25. The molecule has 0 atom stereocenters. The quantitative estimate of drug-likeness (QED) is 0.735. The number of allylic oxidation sites excluding steroid dienone is 1. The molecular formula is C12H14F2N2. The van der Waals surface area contributed by atoms with Crippen LogP contribution in [0.5, 0.6) is 0 Å². The third-order valence-electron chi connectivity index (χ3n) is 2.07. The normalized spacial score (nSPS) is 11.3. The Kier molecular flexibility index (Phi) is 4.64. The lowest BCUT2D eigenvalue weighted by Crippen LogP contribution is -1.96. The van der Waals surface area contributed by atoms with E-state index in [0.29, 0.717) is 0 Å². The van der Waals surface area contributed by atoms with Crippen molar-refractivity contribution >= 4 is 11.9 Å². The van der Waals surface area contributed by atoms with Gasteiger partial charge in [0.15, 0.2) is 0 Å². The topological polar surface area (TPSA) is 35.9 Å². The summed E-state index contributed by atoms with van der Waals surface area (Å²) in [6.07, 6.45) is 4.44. The third-order valence-corrected chi connectivity index (χ3v) is 2.07. The van der Waals surface area contributed by atoms with Gasteiger partial charge < -0.3 is 10.7 Å². The van der Waals surface area contributed by atoms with Gasteiger partial charge in [0.1, 0.15) is 11.6 Å². The maximum Gasteiger partial charge on any atom is 0.149 e. The molecule has 0 amide bonds. The summed E-state index contributed by atoms with van der Waals surface area (Å²) in [5, 5.41) is 9.85.